The van der Waals surface area contributed by atoms with E-state index < -0.39 is 11.9 Å². The minimum atomic E-state index is -0.704. The fraction of sp³-hybridized carbons (Fsp3) is 0.267. The van der Waals surface area contributed by atoms with Crippen LogP contribution in [0.2, 0.25) is 0 Å². The zero-order chi connectivity index (χ0) is 16.1. The molecule has 114 valence electrons. The van der Waals surface area contributed by atoms with Gasteiger partial charge in [-0.1, -0.05) is 6.07 Å². The molecule has 22 heavy (non-hydrogen) atoms. The zero-order valence-corrected chi connectivity index (χ0v) is 12.2. The van der Waals surface area contributed by atoms with Crippen molar-refractivity contribution in [3.63, 3.8) is 0 Å². The van der Waals surface area contributed by atoms with E-state index in [0.29, 0.717) is 5.56 Å². The van der Waals surface area contributed by atoms with E-state index in [4.69, 9.17) is 19.9 Å². The number of nitriles is 1. The number of hydrogen-bond donors (Lipinski definition) is 1. The Morgan fingerprint density at radius 2 is 2.32 bits per heavy atom. The SMILES string of the molecule is COCC1=C(C(=O)OC)C(c2cccnc2)C(C#N)=C(N)O1. The van der Waals surface area contributed by atoms with Crippen LogP contribution in [0.3, 0.4) is 0 Å². The van der Waals surface area contributed by atoms with Crippen molar-refractivity contribution in [1.29, 1.82) is 5.26 Å². The number of allylic oxidation sites excluding steroid dienone is 1. The van der Waals surface area contributed by atoms with E-state index in [1.807, 2.05) is 6.07 Å². The Morgan fingerprint density at radius 1 is 1.55 bits per heavy atom. The topological polar surface area (TPSA) is 107 Å². The highest BCUT2D eigenvalue weighted by Gasteiger charge is 2.37. The van der Waals surface area contributed by atoms with Crippen LogP contribution in [0.25, 0.3) is 0 Å². The van der Waals surface area contributed by atoms with Gasteiger partial charge in [0.25, 0.3) is 0 Å². The maximum atomic E-state index is 12.2. The molecule has 0 saturated carbocycles. The molecular weight excluding hydrogens is 286 g/mol. The van der Waals surface area contributed by atoms with Crippen molar-refractivity contribution in [2.45, 2.75) is 5.92 Å². The molecule has 1 atom stereocenters. The zero-order valence-electron chi connectivity index (χ0n) is 12.2. The van der Waals surface area contributed by atoms with Gasteiger partial charge in [-0.15, -0.1) is 0 Å². The molecule has 0 bridgehead atoms. The number of hydrogen-bond acceptors (Lipinski definition) is 7. The number of nitrogens with two attached hydrogens (primary N) is 1. The third-order valence-corrected chi connectivity index (χ3v) is 3.20. The Labute approximate surface area is 127 Å². The third-order valence-electron chi connectivity index (χ3n) is 3.20. The predicted octanol–water partition coefficient (Wildman–Crippen LogP) is 0.963. The molecule has 0 fully saturated rings. The lowest BCUT2D eigenvalue weighted by Gasteiger charge is -2.27. The molecule has 1 aromatic rings. The van der Waals surface area contributed by atoms with Crippen LogP contribution in [-0.4, -0.2) is 31.8 Å². The second kappa shape index (κ2) is 6.74. The molecule has 0 radical (unpaired) electrons. The molecule has 0 aliphatic carbocycles. The molecule has 7 nitrogen and oxygen atoms in total. The highest BCUT2D eigenvalue weighted by Crippen LogP contribution is 2.39. The molecule has 7 heteroatoms. The number of ether oxygens (including phenoxy) is 3. The van der Waals surface area contributed by atoms with Gasteiger partial charge < -0.3 is 19.9 Å². The van der Waals surface area contributed by atoms with Crippen LogP contribution in [0, 0.1) is 11.3 Å². The quantitative estimate of drug-likeness (QED) is 0.825. The van der Waals surface area contributed by atoms with Crippen molar-refractivity contribution in [2.24, 2.45) is 5.73 Å². The number of pyridine rings is 1. The van der Waals surface area contributed by atoms with E-state index in [0.717, 1.165) is 0 Å². The van der Waals surface area contributed by atoms with Crippen LogP contribution in [-0.2, 0) is 19.0 Å². The van der Waals surface area contributed by atoms with Gasteiger partial charge in [-0.05, 0) is 11.6 Å². The number of aromatic nitrogens is 1. The lowest BCUT2D eigenvalue weighted by atomic mass is 9.84. The molecule has 0 amide bonds. The van der Waals surface area contributed by atoms with Gasteiger partial charge >= 0.3 is 5.97 Å². The van der Waals surface area contributed by atoms with Crippen LogP contribution >= 0.6 is 0 Å². The van der Waals surface area contributed by atoms with Gasteiger partial charge in [-0.3, -0.25) is 4.98 Å². The van der Waals surface area contributed by atoms with Crippen molar-refractivity contribution in [3.05, 3.63) is 52.9 Å². The van der Waals surface area contributed by atoms with E-state index in [9.17, 15) is 10.1 Å². The maximum Gasteiger partial charge on any atom is 0.338 e. The van der Waals surface area contributed by atoms with Crippen molar-refractivity contribution in [2.75, 3.05) is 20.8 Å². The van der Waals surface area contributed by atoms with Crippen molar-refractivity contribution >= 4 is 5.97 Å². The summed E-state index contributed by atoms with van der Waals surface area (Å²) in [6.07, 6.45) is 3.16. The average molecular weight is 301 g/mol. The van der Waals surface area contributed by atoms with E-state index in [1.54, 1.807) is 24.5 Å². The summed E-state index contributed by atoms with van der Waals surface area (Å²) in [5.41, 5.74) is 6.77. The lowest BCUT2D eigenvalue weighted by molar-refractivity contribution is -0.136. The van der Waals surface area contributed by atoms with E-state index in [1.165, 1.54) is 14.2 Å². The second-order valence-electron chi connectivity index (χ2n) is 4.47. The summed E-state index contributed by atoms with van der Waals surface area (Å²) < 4.78 is 15.2. The first-order chi connectivity index (χ1) is 10.6. The first-order valence-electron chi connectivity index (χ1n) is 6.41. The van der Waals surface area contributed by atoms with E-state index in [2.05, 4.69) is 4.98 Å². The van der Waals surface area contributed by atoms with Gasteiger partial charge in [0.2, 0.25) is 5.88 Å². The molecular formula is C15H15N3O4. The molecule has 1 aliphatic heterocycles. The van der Waals surface area contributed by atoms with Crippen LogP contribution in [0.1, 0.15) is 11.5 Å². The number of carbonyl (C=O) groups is 1. The first-order valence-corrected chi connectivity index (χ1v) is 6.41. The summed E-state index contributed by atoms with van der Waals surface area (Å²) in [5.74, 6) is -1.15. The minimum absolute atomic E-state index is 0.0284. The predicted molar refractivity (Wildman–Crippen MR) is 75.8 cm³/mol. The number of methoxy groups -OCH3 is 2. The van der Waals surface area contributed by atoms with Gasteiger partial charge in [0, 0.05) is 19.5 Å². The van der Waals surface area contributed by atoms with E-state index in [-0.39, 0.29) is 29.4 Å². The molecule has 1 aliphatic rings. The second-order valence-corrected chi connectivity index (χ2v) is 4.47. The molecule has 0 saturated heterocycles. The number of nitrogens with zero attached hydrogens (tertiary/aromatic N) is 2. The van der Waals surface area contributed by atoms with Crippen LogP contribution in [0.5, 0.6) is 0 Å². The standard InChI is InChI=1S/C15H15N3O4/c1-20-8-11-13(15(19)21-2)12(9-4-3-5-18-7-9)10(6-16)14(17)22-11/h3-5,7,12H,8,17H2,1-2H3. The van der Waals surface area contributed by atoms with Crippen molar-refractivity contribution in [1.82, 2.24) is 4.98 Å². The summed E-state index contributed by atoms with van der Waals surface area (Å²) >= 11 is 0. The van der Waals surface area contributed by atoms with Crippen LogP contribution < -0.4 is 5.73 Å². The Kier molecular flexibility index (Phi) is 4.76. The molecule has 1 unspecified atom stereocenters. The lowest BCUT2D eigenvalue weighted by Crippen LogP contribution is -2.27. The van der Waals surface area contributed by atoms with Gasteiger partial charge in [0.15, 0.2) is 0 Å². The molecule has 0 aromatic carbocycles. The Bertz CT molecular complexity index is 674. The Balaban J connectivity index is 2.65. The molecule has 0 spiro atoms. The van der Waals surface area contributed by atoms with Gasteiger partial charge in [-0.25, -0.2) is 4.79 Å². The largest absolute Gasteiger partial charge is 0.466 e. The molecule has 2 rings (SSSR count). The van der Waals surface area contributed by atoms with Crippen LogP contribution in [0.4, 0.5) is 0 Å². The Hall–Kier alpha value is -2.85. The minimum Gasteiger partial charge on any atom is -0.466 e. The fourth-order valence-corrected chi connectivity index (χ4v) is 2.27. The highest BCUT2D eigenvalue weighted by molar-refractivity contribution is 5.92. The summed E-state index contributed by atoms with van der Waals surface area (Å²) in [7, 11) is 2.72. The van der Waals surface area contributed by atoms with E-state index >= 15 is 0 Å². The summed E-state index contributed by atoms with van der Waals surface area (Å²) in [6.45, 7) is 0.0284. The van der Waals surface area contributed by atoms with Crippen molar-refractivity contribution < 1.29 is 19.0 Å². The summed E-state index contributed by atoms with van der Waals surface area (Å²) in [5, 5.41) is 9.39. The normalized spacial score (nSPS) is 17.8. The maximum absolute atomic E-state index is 12.2. The van der Waals surface area contributed by atoms with Gasteiger partial charge in [0.1, 0.15) is 24.0 Å². The monoisotopic (exact) mass is 301 g/mol. The van der Waals surface area contributed by atoms with Gasteiger partial charge in [-0.2, -0.15) is 5.26 Å². The highest BCUT2D eigenvalue weighted by atomic mass is 16.5. The smallest absolute Gasteiger partial charge is 0.338 e. The number of rotatable bonds is 4. The van der Waals surface area contributed by atoms with Gasteiger partial charge in [0.05, 0.1) is 18.6 Å². The molecule has 1 aromatic heterocycles. The number of esters is 1. The summed E-state index contributed by atoms with van der Waals surface area (Å²) in [6, 6.07) is 5.45. The third kappa shape index (κ3) is 2.77. The van der Waals surface area contributed by atoms with Crippen LogP contribution in [0.15, 0.2) is 47.3 Å². The molecule has 2 N–H and O–H groups in total. The number of carbonyl (C=O) groups excluding carboxylic acids is 1. The Morgan fingerprint density at radius 3 is 2.86 bits per heavy atom. The first kappa shape index (κ1) is 15.5. The summed E-state index contributed by atoms with van der Waals surface area (Å²) in [4.78, 5) is 16.2. The average Bonchev–Trinajstić information content (AvgIpc) is 2.54. The fourth-order valence-electron chi connectivity index (χ4n) is 2.27. The molecule has 2 heterocycles. The van der Waals surface area contributed by atoms with Crippen molar-refractivity contribution in [3.8, 4) is 6.07 Å².